The van der Waals surface area contributed by atoms with Gasteiger partial charge < -0.3 is 14.6 Å². The lowest BCUT2D eigenvalue weighted by Crippen LogP contribution is -2.40. The molecule has 0 aliphatic heterocycles. The maximum absolute atomic E-state index is 14.2. The number of benzene rings is 1. The Morgan fingerprint density at radius 3 is 2.62 bits per heavy atom. The lowest BCUT2D eigenvalue weighted by Gasteiger charge is -2.28. The van der Waals surface area contributed by atoms with Gasteiger partial charge in [-0.2, -0.15) is 5.10 Å². The predicted octanol–water partition coefficient (Wildman–Crippen LogP) is 3.95. The van der Waals surface area contributed by atoms with Gasteiger partial charge in [0.15, 0.2) is 11.5 Å². The number of nitrogens with one attached hydrogen (secondary N) is 1. The van der Waals surface area contributed by atoms with Gasteiger partial charge in [0.2, 0.25) is 0 Å². The Bertz CT molecular complexity index is 1630. The van der Waals surface area contributed by atoms with Gasteiger partial charge in [-0.05, 0) is 31.2 Å². The minimum atomic E-state index is -0.824. The number of rotatable bonds is 8. The normalized spacial score (nSPS) is 12.6. The van der Waals surface area contributed by atoms with Crippen molar-refractivity contribution in [1.82, 2.24) is 35.2 Å². The minimum absolute atomic E-state index is 0.00347. The predicted molar refractivity (Wildman–Crippen MR) is 136 cm³/mol. The van der Waals surface area contributed by atoms with Gasteiger partial charge in [-0.1, -0.05) is 11.2 Å². The van der Waals surface area contributed by atoms with E-state index in [0.29, 0.717) is 17.0 Å². The van der Waals surface area contributed by atoms with Gasteiger partial charge in [0, 0.05) is 55.4 Å². The molecule has 0 fully saturated rings. The molecule has 1 unspecified atom stereocenters. The summed E-state index contributed by atoms with van der Waals surface area (Å²) in [6, 6.07) is 10.2. The largest absolute Gasteiger partial charge is 0.467 e. The second kappa shape index (κ2) is 10.4. The zero-order valence-electron chi connectivity index (χ0n) is 21.2. The second-order valence-electron chi connectivity index (χ2n) is 8.98. The first-order chi connectivity index (χ1) is 18.8. The summed E-state index contributed by atoms with van der Waals surface area (Å²) in [4.78, 5) is 26.2. The monoisotopic (exact) mass is 531 g/mol. The van der Waals surface area contributed by atoms with Crippen LogP contribution in [-0.4, -0.2) is 49.5 Å². The lowest BCUT2D eigenvalue weighted by molar-refractivity contribution is 0.0938. The lowest BCUT2D eigenvalue weighted by atomic mass is 9.80. The first-order valence-corrected chi connectivity index (χ1v) is 11.8. The number of halogens is 2. The molecule has 0 aliphatic rings. The number of ether oxygens (including phenoxy) is 1. The number of nitrogens with zero attached hydrogens (tertiary/aromatic N) is 6. The molecular formula is C27H23F2N7O3. The number of aromatic nitrogens is 6. The first kappa shape index (κ1) is 25.6. The fourth-order valence-corrected chi connectivity index (χ4v) is 4.05. The van der Waals surface area contributed by atoms with Crippen LogP contribution in [0.25, 0.3) is 22.6 Å². The van der Waals surface area contributed by atoms with Crippen LogP contribution in [0.3, 0.4) is 0 Å². The molecule has 1 atom stereocenters. The van der Waals surface area contributed by atoms with Crippen molar-refractivity contribution in [2.75, 3.05) is 13.7 Å². The van der Waals surface area contributed by atoms with Crippen LogP contribution < -0.4 is 10.1 Å². The van der Waals surface area contributed by atoms with Crippen molar-refractivity contribution < 1.29 is 22.8 Å². The average molecular weight is 532 g/mol. The minimum Gasteiger partial charge on any atom is -0.467 e. The summed E-state index contributed by atoms with van der Waals surface area (Å²) in [6.45, 7) is 2.06. The number of carbonyl (C=O) groups is 1. The topological polar surface area (TPSA) is 121 Å². The van der Waals surface area contributed by atoms with Crippen molar-refractivity contribution in [2.24, 2.45) is 7.05 Å². The highest BCUT2D eigenvalue weighted by Crippen LogP contribution is 2.32. The second-order valence-corrected chi connectivity index (χ2v) is 8.98. The molecule has 1 amide bonds. The van der Waals surface area contributed by atoms with Crippen LogP contribution in [-0.2, 0) is 12.5 Å². The van der Waals surface area contributed by atoms with Gasteiger partial charge in [0.25, 0.3) is 5.91 Å². The maximum atomic E-state index is 14.2. The summed E-state index contributed by atoms with van der Waals surface area (Å²) >= 11 is 0. The third-order valence-corrected chi connectivity index (χ3v) is 6.30. The van der Waals surface area contributed by atoms with E-state index in [2.05, 4.69) is 25.5 Å². The fraction of sp³-hybridized carbons (Fsp3) is 0.185. The van der Waals surface area contributed by atoms with E-state index in [0.717, 1.165) is 17.7 Å². The Hall–Kier alpha value is -5.00. The SMILES string of the molecule is COc1ncc(-c2cccc(C(C)(CNC(=O)c3cc(-c4ccc(F)cc4F)on3)c3cnn(C)c3)n2)cn1. The van der Waals surface area contributed by atoms with Gasteiger partial charge in [-0.15, -0.1) is 0 Å². The summed E-state index contributed by atoms with van der Waals surface area (Å²) < 4.78 is 39.3. The number of methoxy groups -OCH3 is 1. The third-order valence-electron chi connectivity index (χ3n) is 6.30. The molecule has 4 heterocycles. The number of hydrogen-bond acceptors (Lipinski definition) is 8. The van der Waals surface area contributed by atoms with Gasteiger partial charge in [-0.25, -0.2) is 18.7 Å². The molecule has 39 heavy (non-hydrogen) atoms. The molecule has 0 bridgehead atoms. The van der Waals surface area contributed by atoms with E-state index in [1.165, 1.54) is 19.2 Å². The van der Waals surface area contributed by atoms with Crippen molar-refractivity contribution in [1.29, 1.82) is 0 Å². The van der Waals surface area contributed by atoms with Gasteiger partial charge in [0.1, 0.15) is 11.6 Å². The first-order valence-electron chi connectivity index (χ1n) is 11.8. The zero-order valence-corrected chi connectivity index (χ0v) is 21.2. The number of hydrogen-bond donors (Lipinski definition) is 1. The summed E-state index contributed by atoms with van der Waals surface area (Å²) in [7, 11) is 3.29. The molecule has 0 radical (unpaired) electrons. The van der Waals surface area contributed by atoms with E-state index < -0.39 is 23.0 Å². The Kier molecular flexibility index (Phi) is 6.84. The molecule has 0 spiro atoms. The molecule has 0 saturated heterocycles. The van der Waals surface area contributed by atoms with Crippen LogP contribution in [0.4, 0.5) is 8.78 Å². The Morgan fingerprint density at radius 2 is 1.92 bits per heavy atom. The van der Waals surface area contributed by atoms with Crippen molar-refractivity contribution in [3.63, 3.8) is 0 Å². The molecular weight excluding hydrogens is 508 g/mol. The van der Waals surface area contributed by atoms with Crippen molar-refractivity contribution >= 4 is 5.91 Å². The molecule has 0 saturated carbocycles. The Morgan fingerprint density at radius 1 is 1.13 bits per heavy atom. The molecule has 4 aromatic heterocycles. The van der Waals surface area contributed by atoms with E-state index in [1.54, 1.807) is 30.3 Å². The standard InChI is InChI=1S/C27H23F2N7O3/c1-27(17-13-33-36(2)14-17,24-6-4-5-21(34-24)16-11-30-26(38-3)31-12-16)15-32-25(37)22-10-23(39-35-22)19-8-7-18(28)9-20(19)29/h4-14H,15H2,1-3H3,(H,32,37). The van der Waals surface area contributed by atoms with Crippen LogP contribution in [0.15, 0.2) is 71.8 Å². The molecule has 5 rings (SSSR count). The summed E-state index contributed by atoms with van der Waals surface area (Å²) in [6.07, 6.45) is 6.80. The molecule has 198 valence electrons. The summed E-state index contributed by atoms with van der Waals surface area (Å²) in [5.41, 5.74) is 1.94. The van der Waals surface area contributed by atoms with Crippen molar-refractivity contribution in [2.45, 2.75) is 12.3 Å². The number of carbonyl (C=O) groups excluding carboxylic acids is 1. The number of amides is 1. The van der Waals surface area contributed by atoms with Crippen LogP contribution in [0.1, 0.15) is 28.7 Å². The average Bonchev–Trinajstić information content (AvgIpc) is 3.62. The van der Waals surface area contributed by atoms with Gasteiger partial charge >= 0.3 is 6.01 Å². The molecule has 12 heteroatoms. The molecule has 10 nitrogen and oxygen atoms in total. The van der Waals surface area contributed by atoms with E-state index in [9.17, 15) is 13.6 Å². The van der Waals surface area contributed by atoms with Crippen LogP contribution >= 0.6 is 0 Å². The van der Waals surface area contributed by atoms with Gasteiger partial charge in [-0.3, -0.25) is 14.5 Å². The highest BCUT2D eigenvalue weighted by atomic mass is 19.1. The quantitative estimate of drug-likeness (QED) is 0.320. The maximum Gasteiger partial charge on any atom is 0.316 e. The zero-order chi connectivity index (χ0) is 27.6. The van der Waals surface area contributed by atoms with Crippen LogP contribution in [0.5, 0.6) is 6.01 Å². The summed E-state index contributed by atoms with van der Waals surface area (Å²) in [5, 5.41) is 10.9. The summed E-state index contributed by atoms with van der Waals surface area (Å²) in [5.74, 6) is -2.08. The third kappa shape index (κ3) is 5.21. The van der Waals surface area contributed by atoms with Crippen molar-refractivity contribution in [3.8, 4) is 28.6 Å². The Labute approximate surface area is 221 Å². The highest BCUT2D eigenvalue weighted by Gasteiger charge is 2.33. The number of aryl methyl sites for hydroxylation is 1. The van der Waals surface area contributed by atoms with Crippen molar-refractivity contribution in [3.05, 3.63) is 95.8 Å². The van der Waals surface area contributed by atoms with Crippen LogP contribution in [0.2, 0.25) is 0 Å². The van der Waals surface area contributed by atoms with Gasteiger partial charge in [0.05, 0.1) is 35.7 Å². The van der Waals surface area contributed by atoms with E-state index >= 15 is 0 Å². The van der Waals surface area contributed by atoms with E-state index in [1.807, 2.05) is 31.3 Å². The molecule has 1 N–H and O–H groups in total. The van der Waals surface area contributed by atoms with E-state index in [-0.39, 0.29) is 29.6 Å². The molecule has 1 aromatic carbocycles. The molecule has 0 aliphatic carbocycles. The molecule has 5 aromatic rings. The fourth-order valence-electron chi connectivity index (χ4n) is 4.05. The van der Waals surface area contributed by atoms with E-state index in [4.69, 9.17) is 14.2 Å². The number of pyridine rings is 1. The van der Waals surface area contributed by atoms with Crippen LogP contribution in [0, 0.1) is 11.6 Å². The Balaban J connectivity index is 1.42. The smallest absolute Gasteiger partial charge is 0.316 e. The highest BCUT2D eigenvalue weighted by molar-refractivity contribution is 5.93.